The first-order chi connectivity index (χ1) is 15.7. The maximum absolute atomic E-state index is 9.36. The maximum atomic E-state index is 9.36. The highest BCUT2D eigenvalue weighted by molar-refractivity contribution is 5.87. The zero-order valence-electron chi connectivity index (χ0n) is 18.2. The molecular weight excluding hydrogens is 398 g/mol. The van der Waals surface area contributed by atoms with Crippen LogP contribution in [0.2, 0.25) is 0 Å². The van der Waals surface area contributed by atoms with Gasteiger partial charge in [0.15, 0.2) is 17.2 Å². The lowest BCUT2D eigenvalue weighted by atomic mass is 10.1. The van der Waals surface area contributed by atoms with Crippen molar-refractivity contribution >= 4 is 33.4 Å². The number of nitrogens with one attached hydrogen (secondary N) is 2. The minimum atomic E-state index is 0.549. The third-order valence-corrected chi connectivity index (χ3v) is 5.21. The van der Waals surface area contributed by atoms with Gasteiger partial charge in [-0.25, -0.2) is 9.97 Å². The Balaban J connectivity index is 1.63. The van der Waals surface area contributed by atoms with Crippen LogP contribution in [0.3, 0.4) is 0 Å². The van der Waals surface area contributed by atoms with Crippen LogP contribution in [-0.4, -0.2) is 21.5 Å². The van der Waals surface area contributed by atoms with E-state index in [2.05, 4.69) is 46.6 Å². The quantitative estimate of drug-likeness (QED) is 0.261. The molecule has 32 heavy (non-hydrogen) atoms. The second-order valence-electron chi connectivity index (χ2n) is 7.33. The Bertz CT molecular complexity index is 1360. The molecule has 1 aromatic carbocycles. The topological polar surface area (TPSA) is 90.5 Å². The van der Waals surface area contributed by atoms with Gasteiger partial charge in [0.05, 0.1) is 12.3 Å². The number of benzene rings is 1. The van der Waals surface area contributed by atoms with Gasteiger partial charge in [-0.05, 0) is 37.5 Å². The van der Waals surface area contributed by atoms with E-state index in [1.54, 1.807) is 12.3 Å². The number of hydrogen-bond acceptors (Lipinski definition) is 5. The van der Waals surface area contributed by atoms with Crippen LogP contribution in [-0.2, 0) is 6.42 Å². The molecule has 0 atom stereocenters. The number of para-hydroxylation sites is 1. The van der Waals surface area contributed by atoms with Crippen molar-refractivity contribution in [3.63, 3.8) is 0 Å². The lowest BCUT2D eigenvalue weighted by Gasteiger charge is -2.09. The number of anilines is 1. The number of aromatic nitrogens is 3. The molecule has 0 saturated heterocycles. The average Bonchev–Trinajstić information content (AvgIpc) is 3.46. The second-order valence-corrected chi connectivity index (χ2v) is 7.33. The van der Waals surface area contributed by atoms with Crippen LogP contribution in [0.4, 0.5) is 5.82 Å². The van der Waals surface area contributed by atoms with Crippen LogP contribution < -0.4 is 5.32 Å². The normalized spacial score (nSPS) is 12.7. The Morgan fingerprint density at radius 1 is 1.25 bits per heavy atom. The number of H-pyrrole nitrogens is 1. The molecule has 0 fully saturated rings. The van der Waals surface area contributed by atoms with Crippen molar-refractivity contribution in [2.45, 2.75) is 26.7 Å². The van der Waals surface area contributed by atoms with E-state index in [0.29, 0.717) is 29.3 Å². The summed E-state index contributed by atoms with van der Waals surface area (Å²) in [7, 11) is 0. The highest BCUT2D eigenvalue weighted by Gasteiger charge is 2.13. The van der Waals surface area contributed by atoms with E-state index >= 15 is 0 Å². The molecule has 6 nitrogen and oxygen atoms in total. The molecule has 0 aliphatic rings. The van der Waals surface area contributed by atoms with Crippen LogP contribution >= 0.6 is 0 Å². The number of nitrogens with zero attached hydrogens (tertiary/aromatic N) is 3. The monoisotopic (exact) mass is 423 g/mol. The summed E-state index contributed by atoms with van der Waals surface area (Å²) >= 11 is 0. The predicted molar refractivity (Wildman–Crippen MR) is 129 cm³/mol. The summed E-state index contributed by atoms with van der Waals surface area (Å²) in [6, 6.07) is 12.3. The fourth-order valence-electron chi connectivity index (χ4n) is 3.55. The summed E-state index contributed by atoms with van der Waals surface area (Å²) in [5.74, 6) is 1.19. The summed E-state index contributed by atoms with van der Waals surface area (Å²) < 4.78 is 5.65. The van der Waals surface area contributed by atoms with E-state index in [0.717, 1.165) is 29.4 Å². The maximum Gasteiger partial charge on any atom is 0.194 e. The van der Waals surface area contributed by atoms with E-state index in [9.17, 15) is 5.26 Å². The molecule has 0 amide bonds. The van der Waals surface area contributed by atoms with E-state index in [1.165, 1.54) is 10.9 Å². The second kappa shape index (κ2) is 9.80. The van der Waals surface area contributed by atoms with Crippen molar-refractivity contribution < 1.29 is 4.42 Å². The zero-order valence-corrected chi connectivity index (χ0v) is 18.2. The van der Waals surface area contributed by atoms with Crippen LogP contribution in [0.5, 0.6) is 0 Å². The van der Waals surface area contributed by atoms with Crippen molar-refractivity contribution in [3.8, 4) is 6.07 Å². The van der Waals surface area contributed by atoms with Crippen molar-refractivity contribution in [1.29, 1.82) is 5.26 Å². The Kier molecular flexibility index (Phi) is 6.47. The van der Waals surface area contributed by atoms with Gasteiger partial charge in [-0.3, -0.25) is 0 Å². The summed E-state index contributed by atoms with van der Waals surface area (Å²) in [5.41, 5.74) is 5.07. The van der Waals surface area contributed by atoms with Gasteiger partial charge in [0.1, 0.15) is 5.52 Å². The van der Waals surface area contributed by atoms with E-state index in [1.807, 2.05) is 43.4 Å². The van der Waals surface area contributed by atoms with Gasteiger partial charge in [-0.15, -0.1) is 0 Å². The molecule has 6 heteroatoms. The van der Waals surface area contributed by atoms with Crippen LogP contribution in [0.25, 0.3) is 27.6 Å². The number of allylic oxidation sites excluding steroid dienone is 6. The lowest BCUT2D eigenvalue weighted by molar-refractivity contribution is 0.614. The van der Waals surface area contributed by atoms with Gasteiger partial charge in [-0.1, -0.05) is 43.4 Å². The van der Waals surface area contributed by atoms with Crippen molar-refractivity contribution in [3.05, 3.63) is 84.1 Å². The number of hydrogen-bond donors (Lipinski definition) is 2. The fraction of sp³-hybridized carbons (Fsp3) is 0.192. The summed E-state index contributed by atoms with van der Waals surface area (Å²) in [4.78, 5) is 12.7. The number of nitriles is 1. The van der Waals surface area contributed by atoms with E-state index < -0.39 is 0 Å². The first-order valence-corrected chi connectivity index (χ1v) is 10.7. The van der Waals surface area contributed by atoms with Gasteiger partial charge in [0.2, 0.25) is 0 Å². The van der Waals surface area contributed by atoms with Gasteiger partial charge < -0.3 is 14.7 Å². The molecule has 0 aliphatic carbocycles. The van der Waals surface area contributed by atoms with Crippen molar-refractivity contribution in [2.75, 3.05) is 11.9 Å². The van der Waals surface area contributed by atoms with Gasteiger partial charge in [0.25, 0.3) is 0 Å². The Labute approximate surface area is 187 Å². The van der Waals surface area contributed by atoms with Crippen LogP contribution in [0.1, 0.15) is 31.7 Å². The molecule has 2 N–H and O–H groups in total. The molecule has 4 rings (SSSR count). The third kappa shape index (κ3) is 4.47. The van der Waals surface area contributed by atoms with E-state index in [4.69, 9.17) is 9.40 Å². The molecule has 3 aromatic heterocycles. The number of rotatable bonds is 8. The standard InChI is InChI=1S/C26H25N5O/c1-3-5-8-19(15-18(4-2)16-27)25-30-23-12-14-32-24(23)26(31-25)28-13-11-20-17-29-22-10-7-6-9-21(20)22/h4-10,12,14-15,17,29H,3,11,13H2,1-2H3,(H,28,30,31)/b8-5+,18-4+,19-15+. The molecule has 0 radical (unpaired) electrons. The summed E-state index contributed by atoms with van der Waals surface area (Å²) in [5, 5.41) is 14.0. The zero-order chi connectivity index (χ0) is 22.3. The molecule has 0 spiro atoms. The molecule has 4 aromatic rings. The minimum Gasteiger partial charge on any atom is -0.459 e. The van der Waals surface area contributed by atoms with Gasteiger partial charge in [-0.2, -0.15) is 5.26 Å². The summed E-state index contributed by atoms with van der Waals surface area (Å²) in [6.45, 7) is 4.59. The van der Waals surface area contributed by atoms with Gasteiger partial charge >= 0.3 is 0 Å². The first-order valence-electron chi connectivity index (χ1n) is 10.7. The number of furan rings is 1. The predicted octanol–water partition coefficient (Wildman–Crippen LogP) is 6.18. The largest absolute Gasteiger partial charge is 0.459 e. The molecular formula is C26H25N5O. The molecule has 3 heterocycles. The van der Waals surface area contributed by atoms with Crippen LogP contribution in [0, 0.1) is 11.3 Å². The first kappa shape index (κ1) is 21.1. The Morgan fingerprint density at radius 2 is 2.12 bits per heavy atom. The van der Waals surface area contributed by atoms with Crippen molar-refractivity contribution in [2.24, 2.45) is 0 Å². The molecule has 0 unspecified atom stereocenters. The number of fused-ring (bicyclic) bond motifs is 2. The van der Waals surface area contributed by atoms with Crippen molar-refractivity contribution in [1.82, 2.24) is 15.0 Å². The molecule has 0 aliphatic heterocycles. The molecule has 0 bridgehead atoms. The van der Waals surface area contributed by atoms with Gasteiger partial charge in [0, 0.05) is 40.9 Å². The fourth-order valence-corrected chi connectivity index (χ4v) is 3.55. The Hall–Kier alpha value is -4.11. The SMILES string of the molecule is C\C=C(C#N)/C=C(\C=C\CC)c1nc(NCCc2c[nH]c3ccccc23)c2occc2n1. The summed E-state index contributed by atoms with van der Waals surface area (Å²) in [6.07, 6.45) is 12.9. The Morgan fingerprint density at radius 3 is 2.94 bits per heavy atom. The molecule has 0 saturated carbocycles. The lowest BCUT2D eigenvalue weighted by Crippen LogP contribution is -2.08. The van der Waals surface area contributed by atoms with Crippen LogP contribution in [0.15, 0.2) is 77.1 Å². The highest BCUT2D eigenvalue weighted by Crippen LogP contribution is 2.26. The molecule has 160 valence electrons. The number of aromatic amines is 1. The smallest absolute Gasteiger partial charge is 0.194 e. The minimum absolute atomic E-state index is 0.549. The third-order valence-electron chi connectivity index (χ3n) is 5.21. The van der Waals surface area contributed by atoms with E-state index in [-0.39, 0.29) is 0 Å². The average molecular weight is 424 g/mol. The highest BCUT2D eigenvalue weighted by atomic mass is 16.3.